The third-order valence-corrected chi connectivity index (χ3v) is 5.92. The van der Waals surface area contributed by atoms with E-state index >= 15 is 0 Å². The first-order valence-electron chi connectivity index (χ1n) is 10.2. The number of ether oxygens (including phenoxy) is 1. The minimum atomic E-state index is -0.298. The lowest BCUT2D eigenvalue weighted by atomic mass is 9.72. The number of aliphatic hydroxyl groups is 1. The number of anilines is 1. The highest BCUT2D eigenvalue weighted by molar-refractivity contribution is 6.07. The third-order valence-electron chi connectivity index (χ3n) is 5.92. The van der Waals surface area contributed by atoms with Crippen LogP contribution in [0.25, 0.3) is 0 Å². The third kappa shape index (κ3) is 3.29. The van der Waals surface area contributed by atoms with Crippen molar-refractivity contribution in [3.8, 4) is 5.75 Å². The highest BCUT2D eigenvalue weighted by Crippen LogP contribution is 2.48. The van der Waals surface area contributed by atoms with E-state index in [4.69, 9.17) is 4.74 Å². The molecule has 2 aliphatic heterocycles. The van der Waals surface area contributed by atoms with E-state index in [0.717, 1.165) is 11.3 Å². The second-order valence-corrected chi connectivity index (χ2v) is 8.06. The van der Waals surface area contributed by atoms with Crippen molar-refractivity contribution in [2.75, 3.05) is 25.2 Å². The predicted octanol–water partition coefficient (Wildman–Crippen LogP) is 2.60. The number of carbonyl (C=O) groups is 2. The van der Waals surface area contributed by atoms with Gasteiger partial charge in [0.2, 0.25) is 0 Å². The molecule has 2 N–H and O–H groups in total. The van der Waals surface area contributed by atoms with Crippen LogP contribution in [0.5, 0.6) is 5.75 Å². The molecule has 2 heterocycles. The second kappa shape index (κ2) is 7.99. The highest BCUT2D eigenvalue weighted by Gasteiger charge is 2.55. The number of urea groups is 1. The Hall–Kier alpha value is -3.06. The van der Waals surface area contributed by atoms with Crippen LogP contribution in [0, 0.1) is 0 Å². The van der Waals surface area contributed by atoms with Crippen molar-refractivity contribution in [2.45, 2.75) is 37.9 Å². The fourth-order valence-electron chi connectivity index (χ4n) is 4.57. The van der Waals surface area contributed by atoms with Crippen molar-refractivity contribution < 1.29 is 19.4 Å². The molecule has 2 aliphatic rings. The largest absolute Gasteiger partial charge is 0.497 e. The maximum Gasteiger partial charge on any atom is 0.318 e. The molecule has 3 amide bonds. The minimum absolute atomic E-state index is 0.00373. The zero-order valence-electron chi connectivity index (χ0n) is 17.4. The average molecular weight is 409 g/mol. The van der Waals surface area contributed by atoms with Gasteiger partial charge in [0.15, 0.2) is 0 Å². The molecule has 2 aromatic carbocycles. The summed E-state index contributed by atoms with van der Waals surface area (Å²) in [5.74, 6) is 0.566. The number of aliphatic hydroxyl groups excluding tert-OH is 1. The van der Waals surface area contributed by atoms with E-state index in [0.29, 0.717) is 17.9 Å². The molecule has 4 rings (SSSR count). The predicted molar refractivity (Wildman–Crippen MR) is 114 cm³/mol. The van der Waals surface area contributed by atoms with Gasteiger partial charge in [-0.3, -0.25) is 4.79 Å². The fourth-order valence-corrected chi connectivity index (χ4v) is 4.57. The molecule has 2 aromatic rings. The summed E-state index contributed by atoms with van der Waals surface area (Å²) in [6.45, 7) is 4.07. The van der Waals surface area contributed by atoms with Crippen LogP contribution in [0.15, 0.2) is 48.5 Å². The number of fused-ring (bicyclic) bond motifs is 3. The van der Waals surface area contributed by atoms with Gasteiger partial charge >= 0.3 is 6.03 Å². The van der Waals surface area contributed by atoms with Gasteiger partial charge in [0.05, 0.1) is 25.8 Å². The molecule has 0 spiro atoms. The summed E-state index contributed by atoms with van der Waals surface area (Å²) in [6.07, 6.45) is 0. The number of nitrogens with zero attached hydrogens (tertiary/aromatic N) is 2. The summed E-state index contributed by atoms with van der Waals surface area (Å²) in [5, 5.41) is 12.9. The zero-order valence-corrected chi connectivity index (χ0v) is 17.4. The number of nitrogens with one attached hydrogen (secondary N) is 1. The summed E-state index contributed by atoms with van der Waals surface area (Å²) >= 11 is 0. The molecule has 0 saturated carbocycles. The monoisotopic (exact) mass is 409 g/mol. The lowest BCUT2D eigenvalue weighted by molar-refractivity contribution is -0.00815. The lowest BCUT2D eigenvalue weighted by Gasteiger charge is -2.58. The Morgan fingerprint density at radius 2 is 1.87 bits per heavy atom. The Morgan fingerprint density at radius 3 is 2.50 bits per heavy atom. The fraction of sp³-hybridized carbons (Fsp3) is 0.391. The normalized spacial score (nSPS) is 22.1. The van der Waals surface area contributed by atoms with Gasteiger partial charge in [0.1, 0.15) is 5.75 Å². The maximum atomic E-state index is 13.4. The number of carbonyl (C=O) groups excluding carboxylic acids is 2. The summed E-state index contributed by atoms with van der Waals surface area (Å²) in [4.78, 5) is 29.6. The van der Waals surface area contributed by atoms with Crippen LogP contribution in [-0.2, 0) is 0 Å². The van der Waals surface area contributed by atoms with Crippen LogP contribution in [0.2, 0.25) is 0 Å². The van der Waals surface area contributed by atoms with Crippen LogP contribution in [0.4, 0.5) is 10.5 Å². The molecule has 0 aliphatic carbocycles. The van der Waals surface area contributed by atoms with Crippen molar-refractivity contribution in [1.82, 2.24) is 10.2 Å². The zero-order chi connectivity index (χ0) is 21.4. The van der Waals surface area contributed by atoms with Gasteiger partial charge in [-0.1, -0.05) is 18.2 Å². The van der Waals surface area contributed by atoms with Crippen LogP contribution in [-0.4, -0.2) is 60.3 Å². The first-order valence-corrected chi connectivity index (χ1v) is 10.2. The molecule has 1 saturated heterocycles. The summed E-state index contributed by atoms with van der Waals surface area (Å²) in [6, 6.07) is 14.1. The quantitative estimate of drug-likeness (QED) is 0.813. The van der Waals surface area contributed by atoms with Gasteiger partial charge in [-0.25, -0.2) is 4.79 Å². The van der Waals surface area contributed by atoms with E-state index in [2.05, 4.69) is 5.32 Å². The van der Waals surface area contributed by atoms with Crippen LogP contribution >= 0.6 is 0 Å². The van der Waals surface area contributed by atoms with Gasteiger partial charge in [-0.05, 0) is 49.7 Å². The number of para-hydroxylation sites is 1. The SMILES string of the molecule is COc1ccc(C(=O)N2C[C@@H]3[C@H](c4ccccc42)[C@@H](CO)N3C(=O)NC(C)C)cc1. The summed E-state index contributed by atoms with van der Waals surface area (Å²) in [7, 11) is 1.59. The van der Waals surface area contributed by atoms with E-state index in [9.17, 15) is 14.7 Å². The van der Waals surface area contributed by atoms with Crippen molar-refractivity contribution in [1.29, 1.82) is 0 Å². The van der Waals surface area contributed by atoms with Gasteiger partial charge in [-0.2, -0.15) is 0 Å². The van der Waals surface area contributed by atoms with E-state index < -0.39 is 0 Å². The average Bonchev–Trinajstić information content (AvgIpc) is 2.73. The van der Waals surface area contributed by atoms with E-state index in [1.54, 1.807) is 41.2 Å². The molecule has 3 atom stereocenters. The Bertz CT molecular complexity index is 944. The molecular formula is C23H27N3O4. The molecular weight excluding hydrogens is 382 g/mol. The Kier molecular flexibility index (Phi) is 5.39. The molecule has 0 bridgehead atoms. The first kappa shape index (κ1) is 20.2. The Labute approximate surface area is 176 Å². The Balaban J connectivity index is 1.68. The second-order valence-electron chi connectivity index (χ2n) is 8.06. The van der Waals surface area contributed by atoms with E-state index in [1.807, 2.05) is 38.1 Å². The van der Waals surface area contributed by atoms with Gasteiger partial charge in [0, 0.05) is 29.8 Å². The van der Waals surface area contributed by atoms with Crippen LogP contribution in [0.1, 0.15) is 35.7 Å². The van der Waals surface area contributed by atoms with Crippen LogP contribution in [0.3, 0.4) is 0 Å². The molecule has 7 nitrogen and oxygen atoms in total. The number of methoxy groups -OCH3 is 1. The molecule has 1 fully saturated rings. The minimum Gasteiger partial charge on any atom is -0.497 e. The van der Waals surface area contributed by atoms with Gasteiger partial charge in [0.25, 0.3) is 5.91 Å². The Morgan fingerprint density at radius 1 is 1.17 bits per heavy atom. The van der Waals surface area contributed by atoms with Crippen molar-refractivity contribution >= 4 is 17.6 Å². The number of hydrogen-bond acceptors (Lipinski definition) is 4. The van der Waals surface area contributed by atoms with E-state index in [-0.39, 0.29) is 42.6 Å². The first-order chi connectivity index (χ1) is 14.5. The number of benzene rings is 2. The molecule has 0 unspecified atom stereocenters. The molecule has 158 valence electrons. The van der Waals surface area contributed by atoms with Crippen molar-refractivity contribution in [3.05, 3.63) is 59.7 Å². The number of likely N-dealkylation sites (tertiary alicyclic amines) is 1. The maximum absolute atomic E-state index is 13.4. The molecule has 0 radical (unpaired) electrons. The molecule has 30 heavy (non-hydrogen) atoms. The highest BCUT2D eigenvalue weighted by atomic mass is 16.5. The van der Waals surface area contributed by atoms with Crippen molar-refractivity contribution in [2.24, 2.45) is 0 Å². The standard InChI is InChI=1S/C23H27N3O4/c1-14(2)24-23(29)26-19-12-25(22(28)15-8-10-16(30-3)11-9-15)18-7-5-4-6-17(18)21(19)20(26)13-27/h4-11,14,19-21,27H,12-13H2,1-3H3,(H,24,29)/t19-,20-,21+/m1/s1. The summed E-state index contributed by atoms with van der Waals surface area (Å²) < 4.78 is 5.19. The number of hydrogen-bond donors (Lipinski definition) is 2. The lowest BCUT2D eigenvalue weighted by Crippen LogP contribution is -2.72. The molecule has 7 heteroatoms. The topological polar surface area (TPSA) is 82.1 Å². The smallest absolute Gasteiger partial charge is 0.318 e. The molecule has 0 aromatic heterocycles. The van der Waals surface area contributed by atoms with Crippen molar-refractivity contribution in [3.63, 3.8) is 0 Å². The summed E-state index contributed by atoms with van der Waals surface area (Å²) in [5.41, 5.74) is 2.38. The van der Waals surface area contributed by atoms with Gasteiger partial charge in [-0.15, -0.1) is 0 Å². The number of amides is 3. The van der Waals surface area contributed by atoms with Gasteiger partial charge < -0.3 is 25.0 Å². The number of rotatable bonds is 4. The van der Waals surface area contributed by atoms with Crippen LogP contribution < -0.4 is 15.0 Å². The van der Waals surface area contributed by atoms with E-state index in [1.165, 1.54) is 0 Å².